The van der Waals surface area contributed by atoms with Crippen molar-refractivity contribution in [2.45, 2.75) is 19.9 Å². The van der Waals surface area contributed by atoms with Crippen LogP contribution in [-0.2, 0) is 9.53 Å². The van der Waals surface area contributed by atoms with Crippen molar-refractivity contribution in [1.29, 1.82) is 0 Å². The van der Waals surface area contributed by atoms with Crippen LogP contribution >= 0.6 is 11.3 Å². The maximum absolute atomic E-state index is 13.9. The van der Waals surface area contributed by atoms with Gasteiger partial charge in [0.1, 0.15) is 17.5 Å². The fraction of sp³-hybridized carbons (Fsp3) is 0.214. The minimum atomic E-state index is -0.822. The Labute approximate surface area is 216 Å². The molecule has 3 heterocycles. The molecule has 37 heavy (non-hydrogen) atoms. The van der Waals surface area contributed by atoms with Crippen molar-refractivity contribution in [3.63, 3.8) is 0 Å². The van der Waals surface area contributed by atoms with Crippen LogP contribution in [0.2, 0.25) is 0 Å². The second-order valence-corrected chi connectivity index (χ2v) is 9.37. The number of thiazole rings is 1. The molecular formula is C28H25N3O5S. The summed E-state index contributed by atoms with van der Waals surface area (Å²) in [6.45, 7) is 3.69. The van der Waals surface area contributed by atoms with E-state index in [9.17, 15) is 9.59 Å². The molecule has 0 spiro atoms. The fourth-order valence-corrected chi connectivity index (χ4v) is 5.61. The molecule has 0 saturated carbocycles. The predicted octanol–water partition coefficient (Wildman–Crippen LogP) is 3.36. The maximum atomic E-state index is 13.9. The number of hydrogen-bond acceptors (Lipinski definition) is 8. The Balaban J connectivity index is 1.88. The van der Waals surface area contributed by atoms with Gasteiger partial charge in [-0.05, 0) is 60.5 Å². The van der Waals surface area contributed by atoms with Gasteiger partial charge >= 0.3 is 5.97 Å². The molecule has 0 radical (unpaired) electrons. The number of esters is 1. The van der Waals surface area contributed by atoms with Gasteiger partial charge in [0.05, 0.1) is 36.6 Å². The van der Waals surface area contributed by atoms with E-state index in [2.05, 4.69) is 9.98 Å². The predicted molar refractivity (Wildman–Crippen MR) is 142 cm³/mol. The topological polar surface area (TPSA) is 92.0 Å². The monoisotopic (exact) mass is 515 g/mol. The highest BCUT2D eigenvalue weighted by molar-refractivity contribution is 7.07. The number of methoxy groups -OCH3 is 2. The van der Waals surface area contributed by atoms with E-state index in [1.165, 1.54) is 11.3 Å². The average Bonchev–Trinajstić information content (AvgIpc) is 3.21. The van der Waals surface area contributed by atoms with Crippen molar-refractivity contribution >= 4 is 34.2 Å². The number of fused-ring (bicyclic) bond motifs is 2. The van der Waals surface area contributed by atoms with Crippen LogP contribution in [0.1, 0.15) is 31.0 Å². The average molecular weight is 516 g/mol. The van der Waals surface area contributed by atoms with Crippen LogP contribution < -0.4 is 24.4 Å². The van der Waals surface area contributed by atoms with E-state index >= 15 is 0 Å². The van der Waals surface area contributed by atoms with Crippen LogP contribution in [0.4, 0.5) is 0 Å². The molecule has 1 unspecified atom stereocenters. The number of allylic oxidation sites excluding steroid dienone is 1. The van der Waals surface area contributed by atoms with E-state index in [0.717, 1.165) is 16.3 Å². The lowest BCUT2D eigenvalue weighted by Gasteiger charge is -2.27. The van der Waals surface area contributed by atoms with Crippen molar-refractivity contribution in [3.05, 3.63) is 96.9 Å². The Morgan fingerprint density at radius 1 is 1.16 bits per heavy atom. The zero-order valence-electron chi connectivity index (χ0n) is 20.8. The van der Waals surface area contributed by atoms with Crippen molar-refractivity contribution in [2.24, 2.45) is 4.99 Å². The van der Waals surface area contributed by atoms with Gasteiger partial charge in [0.25, 0.3) is 5.56 Å². The van der Waals surface area contributed by atoms with Gasteiger partial charge in [-0.25, -0.2) is 9.79 Å². The third-order valence-corrected chi connectivity index (χ3v) is 7.21. The molecule has 0 N–H and O–H groups in total. The Kier molecular flexibility index (Phi) is 6.62. The third kappa shape index (κ3) is 4.31. The van der Waals surface area contributed by atoms with Crippen LogP contribution in [-0.4, -0.2) is 36.3 Å². The molecule has 1 aliphatic rings. The molecule has 8 nitrogen and oxygen atoms in total. The molecule has 0 bridgehead atoms. The number of ether oxygens (including phenoxy) is 3. The zero-order chi connectivity index (χ0) is 26.1. The SMILES string of the molecule is CCOC(=O)C1=C(C)N=c2sc(=Cc3cccnc3)c(=O)n2C1c1c(OC)ccc2ccc(OC)cc12. The molecule has 0 fully saturated rings. The summed E-state index contributed by atoms with van der Waals surface area (Å²) in [4.78, 5) is 36.5. The second-order valence-electron chi connectivity index (χ2n) is 8.36. The summed E-state index contributed by atoms with van der Waals surface area (Å²) >= 11 is 1.26. The maximum Gasteiger partial charge on any atom is 0.338 e. The van der Waals surface area contributed by atoms with Crippen LogP contribution in [0.3, 0.4) is 0 Å². The molecule has 2 aromatic heterocycles. The first-order valence-electron chi connectivity index (χ1n) is 11.7. The van der Waals surface area contributed by atoms with Crippen LogP contribution in [0.25, 0.3) is 16.8 Å². The molecule has 0 saturated heterocycles. The van der Waals surface area contributed by atoms with Crippen molar-refractivity contribution in [3.8, 4) is 11.5 Å². The molecule has 4 aromatic rings. The van der Waals surface area contributed by atoms with E-state index < -0.39 is 12.0 Å². The number of carbonyl (C=O) groups excluding carboxylic acids is 1. The molecule has 0 aliphatic carbocycles. The summed E-state index contributed by atoms with van der Waals surface area (Å²) in [7, 11) is 3.16. The van der Waals surface area contributed by atoms with Gasteiger partial charge in [-0.1, -0.05) is 29.5 Å². The van der Waals surface area contributed by atoms with Gasteiger partial charge in [-0.15, -0.1) is 0 Å². The summed E-state index contributed by atoms with van der Waals surface area (Å²) < 4.78 is 18.8. The van der Waals surface area contributed by atoms with Gasteiger partial charge in [0, 0.05) is 18.0 Å². The van der Waals surface area contributed by atoms with Gasteiger partial charge in [0.15, 0.2) is 4.80 Å². The van der Waals surface area contributed by atoms with E-state index in [0.29, 0.717) is 32.1 Å². The number of rotatable bonds is 6. The van der Waals surface area contributed by atoms with Gasteiger partial charge in [-0.3, -0.25) is 14.3 Å². The fourth-order valence-electron chi connectivity index (χ4n) is 4.57. The molecule has 2 aromatic carbocycles. The molecular weight excluding hydrogens is 490 g/mol. The van der Waals surface area contributed by atoms with Crippen molar-refractivity contribution in [2.75, 3.05) is 20.8 Å². The number of benzene rings is 2. The highest BCUT2D eigenvalue weighted by atomic mass is 32.1. The number of nitrogens with zero attached hydrogens (tertiary/aromatic N) is 3. The number of hydrogen-bond donors (Lipinski definition) is 0. The lowest BCUT2D eigenvalue weighted by Crippen LogP contribution is -2.40. The lowest BCUT2D eigenvalue weighted by molar-refractivity contribution is -0.139. The summed E-state index contributed by atoms with van der Waals surface area (Å²) in [6, 6.07) is 12.3. The van der Waals surface area contributed by atoms with E-state index in [1.807, 2.05) is 42.5 Å². The van der Waals surface area contributed by atoms with Crippen LogP contribution in [0.5, 0.6) is 11.5 Å². The molecule has 188 valence electrons. The smallest absolute Gasteiger partial charge is 0.338 e. The van der Waals surface area contributed by atoms with Crippen molar-refractivity contribution < 1.29 is 19.0 Å². The number of pyridine rings is 1. The molecule has 9 heteroatoms. The van der Waals surface area contributed by atoms with Crippen LogP contribution in [0.15, 0.2) is 75.9 Å². The highest BCUT2D eigenvalue weighted by Crippen LogP contribution is 2.41. The normalized spacial score (nSPS) is 15.4. The Hall–Kier alpha value is -4.24. The number of aromatic nitrogens is 2. The first-order valence-corrected chi connectivity index (χ1v) is 12.5. The third-order valence-electron chi connectivity index (χ3n) is 6.22. The first kappa shape index (κ1) is 24.5. The van der Waals surface area contributed by atoms with Gasteiger partial charge in [0.2, 0.25) is 0 Å². The first-order chi connectivity index (χ1) is 18.0. The molecule has 5 rings (SSSR count). The summed E-state index contributed by atoms with van der Waals surface area (Å²) in [6.07, 6.45) is 5.14. The Bertz CT molecular complexity index is 1720. The van der Waals surface area contributed by atoms with E-state index in [4.69, 9.17) is 14.2 Å². The Morgan fingerprint density at radius 3 is 2.68 bits per heavy atom. The summed E-state index contributed by atoms with van der Waals surface area (Å²) in [5.41, 5.74) is 1.95. The molecule has 1 atom stereocenters. The summed E-state index contributed by atoms with van der Waals surface area (Å²) in [5, 5.41) is 1.70. The van der Waals surface area contributed by atoms with Gasteiger partial charge in [-0.2, -0.15) is 0 Å². The van der Waals surface area contributed by atoms with Crippen molar-refractivity contribution in [1.82, 2.24) is 9.55 Å². The summed E-state index contributed by atoms with van der Waals surface area (Å²) in [5.74, 6) is 0.644. The van der Waals surface area contributed by atoms with Crippen LogP contribution in [0, 0.1) is 0 Å². The highest BCUT2D eigenvalue weighted by Gasteiger charge is 2.36. The second kappa shape index (κ2) is 10.0. The molecule has 1 aliphatic heterocycles. The quantitative estimate of drug-likeness (QED) is 0.366. The minimum absolute atomic E-state index is 0.189. The zero-order valence-corrected chi connectivity index (χ0v) is 21.7. The molecule has 0 amide bonds. The standard InChI is InChI=1S/C28H25N3O5S/c1-5-36-27(33)23-16(2)30-28-31(26(32)22(37-28)13-17-7-6-12-29-15-17)25(23)24-20-14-19(34-3)10-8-18(20)9-11-21(24)35-4/h6-15,25H,5H2,1-4H3. The largest absolute Gasteiger partial charge is 0.497 e. The van der Waals surface area contributed by atoms with Gasteiger partial charge < -0.3 is 14.2 Å². The number of carbonyl (C=O) groups is 1. The Morgan fingerprint density at radius 2 is 1.97 bits per heavy atom. The van der Waals surface area contributed by atoms with E-state index in [1.54, 1.807) is 51.1 Å². The lowest BCUT2D eigenvalue weighted by atomic mass is 9.90. The minimum Gasteiger partial charge on any atom is -0.497 e. The van der Waals surface area contributed by atoms with E-state index in [-0.39, 0.29) is 17.7 Å².